The maximum atomic E-state index is 6.06. The van der Waals surface area contributed by atoms with Gasteiger partial charge >= 0.3 is 0 Å². The van der Waals surface area contributed by atoms with E-state index in [1.54, 1.807) is 0 Å². The lowest BCUT2D eigenvalue weighted by Gasteiger charge is -2.02. The fourth-order valence-corrected chi connectivity index (χ4v) is 1.56. The Hall–Kier alpha value is -1.28. The van der Waals surface area contributed by atoms with E-state index in [0.717, 1.165) is 22.1 Å². The summed E-state index contributed by atoms with van der Waals surface area (Å²) in [6.45, 7) is 3.88. The second-order valence-electron chi connectivity index (χ2n) is 3.23. The van der Waals surface area contributed by atoms with Crippen LogP contribution in [0.3, 0.4) is 0 Å². The second kappa shape index (κ2) is 3.46. The van der Waals surface area contributed by atoms with Crippen molar-refractivity contribution in [2.75, 3.05) is 0 Å². The number of para-hydroxylation sites is 1. The van der Waals surface area contributed by atoms with E-state index in [9.17, 15) is 0 Å². The highest BCUT2D eigenvalue weighted by molar-refractivity contribution is 6.31. The molecule has 2 rings (SSSR count). The third-order valence-electron chi connectivity index (χ3n) is 2.20. The molecule has 0 aliphatic rings. The highest BCUT2D eigenvalue weighted by Crippen LogP contribution is 2.21. The first-order valence-corrected chi connectivity index (χ1v) is 4.85. The van der Waals surface area contributed by atoms with E-state index in [2.05, 4.69) is 5.10 Å². The van der Waals surface area contributed by atoms with Crippen molar-refractivity contribution in [2.45, 2.75) is 13.8 Å². The van der Waals surface area contributed by atoms with Gasteiger partial charge in [0, 0.05) is 0 Å². The fourth-order valence-electron chi connectivity index (χ4n) is 1.44. The SMILES string of the molecule is Cc1nn(-c2ccccc2)c(C)c1Cl. The predicted molar refractivity (Wildman–Crippen MR) is 58.0 cm³/mol. The van der Waals surface area contributed by atoms with Crippen LogP contribution in [0.2, 0.25) is 5.02 Å². The third-order valence-corrected chi connectivity index (χ3v) is 2.75. The van der Waals surface area contributed by atoms with Crippen molar-refractivity contribution in [2.24, 2.45) is 0 Å². The standard InChI is InChI=1S/C11H11ClN2/c1-8-11(12)9(2)14(13-8)10-6-4-3-5-7-10/h3-7H,1-2H3. The van der Waals surface area contributed by atoms with Crippen LogP contribution in [0.4, 0.5) is 0 Å². The summed E-state index contributed by atoms with van der Waals surface area (Å²) in [5.41, 5.74) is 2.89. The molecule has 1 aromatic carbocycles. The van der Waals surface area contributed by atoms with E-state index in [-0.39, 0.29) is 0 Å². The summed E-state index contributed by atoms with van der Waals surface area (Å²) in [5, 5.41) is 5.11. The van der Waals surface area contributed by atoms with Crippen molar-refractivity contribution in [1.29, 1.82) is 0 Å². The van der Waals surface area contributed by atoms with E-state index in [1.807, 2.05) is 48.9 Å². The van der Waals surface area contributed by atoms with Crippen LogP contribution in [0.25, 0.3) is 5.69 Å². The second-order valence-corrected chi connectivity index (χ2v) is 3.61. The molecule has 0 spiro atoms. The first kappa shape index (κ1) is 9.28. The quantitative estimate of drug-likeness (QED) is 0.701. The maximum Gasteiger partial charge on any atom is 0.0848 e. The minimum Gasteiger partial charge on any atom is -0.236 e. The molecule has 2 aromatic rings. The number of aryl methyl sites for hydroxylation is 1. The van der Waals surface area contributed by atoms with Gasteiger partial charge in [-0.05, 0) is 26.0 Å². The molecule has 0 saturated heterocycles. The number of aromatic nitrogens is 2. The van der Waals surface area contributed by atoms with Gasteiger partial charge in [0.05, 0.1) is 22.1 Å². The Morgan fingerprint density at radius 3 is 2.29 bits per heavy atom. The zero-order valence-electron chi connectivity index (χ0n) is 8.16. The Morgan fingerprint density at radius 2 is 1.79 bits per heavy atom. The van der Waals surface area contributed by atoms with E-state index < -0.39 is 0 Å². The van der Waals surface area contributed by atoms with Crippen LogP contribution in [0.15, 0.2) is 30.3 Å². The number of hydrogen-bond acceptors (Lipinski definition) is 1. The van der Waals surface area contributed by atoms with Crippen molar-refractivity contribution in [1.82, 2.24) is 9.78 Å². The van der Waals surface area contributed by atoms with Crippen molar-refractivity contribution >= 4 is 11.6 Å². The van der Waals surface area contributed by atoms with Crippen LogP contribution in [0.5, 0.6) is 0 Å². The van der Waals surface area contributed by atoms with Gasteiger partial charge in [0.25, 0.3) is 0 Å². The van der Waals surface area contributed by atoms with Crippen LogP contribution in [0, 0.1) is 13.8 Å². The van der Waals surface area contributed by atoms with Gasteiger partial charge in [-0.1, -0.05) is 29.8 Å². The lowest BCUT2D eigenvalue weighted by atomic mass is 10.3. The number of rotatable bonds is 1. The van der Waals surface area contributed by atoms with Gasteiger partial charge in [-0.15, -0.1) is 0 Å². The predicted octanol–water partition coefficient (Wildman–Crippen LogP) is 3.14. The number of nitrogens with zero attached hydrogens (tertiary/aromatic N) is 2. The Morgan fingerprint density at radius 1 is 1.14 bits per heavy atom. The minimum atomic E-state index is 0.744. The van der Waals surface area contributed by atoms with Crippen LogP contribution < -0.4 is 0 Å². The van der Waals surface area contributed by atoms with E-state index >= 15 is 0 Å². The molecule has 1 heterocycles. The Balaban J connectivity index is 2.58. The summed E-state index contributed by atoms with van der Waals surface area (Å²) in [5.74, 6) is 0. The van der Waals surface area contributed by atoms with Crippen LogP contribution in [0.1, 0.15) is 11.4 Å². The zero-order valence-corrected chi connectivity index (χ0v) is 8.92. The molecule has 2 nitrogen and oxygen atoms in total. The lowest BCUT2D eigenvalue weighted by molar-refractivity contribution is 0.834. The first-order valence-electron chi connectivity index (χ1n) is 4.47. The molecule has 0 bridgehead atoms. The van der Waals surface area contributed by atoms with Crippen LogP contribution >= 0.6 is 11.6 Å². The molecule has 0 aliphatic heterocycles. The molecule has 3 heteroatoms. The summed E-state index contributed by atoms with van der Waals surface area (Å²) in [4.78, 5) is 0. The molecule has 1 aromatic heterocycles. The maximum absolute atomic E-state index is 6.06. The van der Waals surface area contributed by atoms with Gasteiger partial charge in [-0.25, -0.2) is 4.68 Å². The summed E-state index contributed by atoms with van der Waals surface area (Å²) in [6, 6.07) is 9.97. The molecule has 0 fully saturated rings. The molecule has 14 heavy (non-hydrogen) atoms. The number of hydrogen-bond donors (Lipinski definition) is 0. The summed E-state index contributed by atoms with van der Waals surface area (Å²) in [7, 11) is 0. The largest absolute Gasteiger partial charge is 0.236 e. The molecule has 0 saturated carbocycles. The minimum absolute atomic E-state index is 0.744. The van der Waals surface area contributed by atoms with Crippen molar-refractivity contribution < 1.29 is 0 Å². The molecule has 0 unspecified atom stereocenters. The monoisotopic (exact) mass is 206 g/mol. The summed E-state index contributed by atoms with van der Waals surface area (Å²) < 4.78 is 1.86. The van der Waals surface area contributed by atoms with Crippen LogP contribution in [-0.2, 0) is 0 Å². The first-order chi connectivity index (χ1) is 6.70. The number of halogens is 1. The highest BCUT2D eigenvalue weighted by Gasteiger charge is 2.09. The van der Waals surface area contributed by atoms with Gasteiger partial charge in [0.2, 0.25) is 0 Å². The lowest BCUT2D eigenvalue weighted by Crippen LogP contribution is -1.98. The topological polar surface area (TPSA) is 17.8 Å². The van der Waals surface area contributed by atoms with Crippen LogP contribution in [-0.4, -0.2) is 9.78 Å². The average Bonchev–Trinajstić information content (AvgIpc) is 2.47. The molecule has 0 amide bonds. The highest BCUT2D eigenvalue weighted by atomic mass is 35.5. The molecular weight excluding hydrogens is 196 g/mol. The molecule has 0 N–H and O–H groups in total. The molecule has 72 valence electrons. The van der Waals surface area contributed by atoms with Gasteiger partial charge in [-0.2, -0.15) is 5.10 Å². The van der Waals surface area contributed by atoms with Crippen molar-refractivity contribution in [3.8, 4) is 5.69 Å². The third kappa shape index (κ3) is 1.42. The summed E-state index contributed by atoms with van der Waals surface area (Å²) >= 11 is 6.06. The molecular formula is C11H11ClN2. The smallest absolute Gasteiger partial charge is 0.0848 e. The molecule has 0 radical (unpaired) electrons. The van der Waals surface area contributed by atoms with E-state index in [0.29, 0.717) is 0 Å². The fraction of sp³-hybridized carbons (Fsp3) is 0.182. The number of benzene rings is 1. The molecule has 0 aliphatic carbocycles. The molecule has 0 atom stereocenters. The normalized spacial score (nSPS) is 10.5. The Bertz CT molecular complexity index is 446. The van der Waals surface area contributed by atoms with Gasteiger partial charge in [0.15, 0.2) is 0 Å². The van der Waals surface area contributed by atoms with Crippen molar-refractivity contribution in [3.05, 3.63) is 46.7 Å². The van der Waals surface area contributed by atoms with Gasteiger partial charge in [0.1, 0.15) is 0 Å². The summed E-state index contributed by atoms with van der Waals surface area (Å²) in [6.07, 6.45) is 0. The Kier molecular flexibility index (Phi) is 2.30. The van der Waals surface area contributed by atoms with Gasteiger partial charge < -0.3 is 0 Å². The average molecular weight is 207 g/mol. The Labute approximate surface area is 88.1 Å². The van der Waals surface area contributed by atoms with E-state index in [1.165, 1.54) is 0 Å². The van der Waals surface area contributed by atoms with Gasteiger partial charge in [-0.3, -0.25) is 0 Å². The zero-order chi connectivity index (χ0) is 10.1. The van der Waals surface area contributed by atoms with E-state index in [4.69, 9.17) is 11.6 Å². The van der Waals surface area contributed by atoms with Crippen molar-refractivity contribution in [3.63, 3.8) is 0 Å².